The van der Waals surface area contributed by atoms with Crippen molar-refractivity contribution >= 4 is 17.4 Å². The highest BCUT2D eigenvalue weighted by molar-refractivity contribution is 6.02. The van der Waals surface area contributed by atoms with Gasteiger partial charge in [0.25, 0.3) is 0 Å². The van der Waals surface area contributed by atoms with Crippen molar-refractivity contribution in [1.29, 1.82) is 0 Å². The van der Waals surface area contributed by atoms with Crippen LogP contribution in [0.25, 0.3) is 16.8 Å². The third-order valence-corrected chi connectivity index (χ3v) is 6.15. The summed E-state index contributed by atoms with van der Waals surface area (Å²) in [6.07, 6.45) is -3.79. The van der Waals surface area contributed by atoms with Crippen LogP contribution in [0.1, 0.15) is 47.6 Å². The van der Waals surface area contributed by atoms with Gasteiger partial charge in [0.1, 0.15) is 0 Å². The second kappa shape index (κ2) is 12.0. The Balaban J connectivity index is 1.77. The van der Waals surface area contributed by atoms with E-state index in [0.29, 0.717) is 42.0 Å². The second-order valence-corrected chi connectivity index (χ2v) is 9.15. The van der Waals surface area contributed by atoms with E-state index in [1.165, 1.54) is 6.07 Å². The van der Waals surface area contributed by atoms with Crippen molar-refractivity contribution < 1.29 is 23.1 Å². The molecule has 0 atom stereocenters. The van der Waals surface area contributed by atoms with Crippen LogP contribution in [0.5, 0.6) is 0 Å². The molecule has 0 bridgehead atoms. The summed E-state index contributed by atoms with van der Waals surface area (Å²) < 4.78 is 41.9. The monoisotopic (exact) mass is 508 g/mol. The van der Waals surface area contributed by atoms with Gasteiger partial charge in [-0.2, -0.15) is 13.2 Å². The van der Waals surface area contributed by atoms with E-state index >= 15 is 0 Å². The lowest BCUT2D eigenvalue weighted by Crippen LogP contribution is -2.19. The molecule has 37 heavy (non-hydrogen) atoms. The third-order valence-electron chi connectivity index (χ3n) is 6.15. The van der Waals surface area contributed by atoms with Gasteiger partial charge in [-0.25, -0.2) is 0 Å². The zero-order valence-corrected chi connectivity index (χ0v) is 21.3. The molecule has 4 nitrogen and oxygen atoms in total. The van der Waals surface area contributed by atoms with Crippen molar-refractivity contribution in [3.8, 4) is 11.1 Å². The summed E-state index contributed by atoms with van der Waals surface area (Å²) in [5.41, 5.74) is 3.86. The standard InChI is InChI=1S/C30H31F3N2O2/c1-20-8-5-6-9-26(20)27-16-15-25(18-28(27)30(31,32)33)22(3)34-21(2)24-13-11-23(12-14-24)19-35(4)17-7-10-29(36)37/h5-6,8-9,11-16,18H,2,7,10,17,19H2,1,3-4H3,(H,36,37). The van der Waals surface area contributed by atoms with E-state index in [9.17, 15) is 18.0 Å². The number of nitrogens with zero attached hydrogens (tertiary/aromatic N) is 2. The number of carboxylic acid groups (broad SMARTS) is 1. The molecule has 0 saturated carbocycles. The lowest BCUT2D eigenvalue weighted by atomic mass is 9.93. The van der Waals surface area contributed by atoms with Crippen LogP contribution in [0.4, 0.5) is 13.2 Å². The number of carboxylic acids is 1. The number of halogens is 3. The molecule has 7 heteroatoms. The number of aryl methyl sites for hydroxylation is 1. The highest BCUT2D eigenvalue weighted by Crippen LogP contribution is 2.39. The number of aliphatic carboxylic acids is 1. The molecule has 0 aromatic heterocycles. The first kappa shape index (κ1) is 27.9. The van der Waals surface area contributed by atoms with Crippen molar-refractivity contribution in [2.45, 2.75) is 39.4 Å². The van der Waals surface area contributed by atoms with Gasteiger partial charge < -0.3 is 10.0 Å². The fraction of sp³-hybridized carbons (Fsp3) is 0.267. The molecule has 1 N–H and O–H groups in total. The third kappa shape index (κ3) is 7.64. The van der Waals surface area contributed by atoms with E-state index in [4.69, 9.17) is 5.11 Å². The van der Waals surface area contributed by atoms with Gasteiger partial charge in [-0.15, -0.1) is 0 Å². The molecule has 0 saturated heterocycles. The highest BCUT2D eigenvalue weighted by Gasteiger charge is 2.34. The van der Waals surface area contributed by atoms with Crippen molar-refractivity contribution in [2.75, 3.05) is 13.6 Å². The molecule has 0 aliphatic carbocycles. The van der Waals surface area contributed by atoms with Gasteiger partial charge in [0.2, 0.25) is 0 Å². The van der Waals surface area contributed by atoms with Gasteiger partial charge in [-0.3, -0.25) is 9.79 Å². The van der Waals surface area contributed by atoms with E-state index in [0.717, 1.165) is 22.8 Å². The molecule has 3 aromatic carbocycles. The zero-order chi connectivity index (χ0) is 27.2. The second-order valence-electron chi connectivity index (χ2n) is 9.15. The minimum absolute atomic E-state index is 0.138. The molecule has 0 heterocycles. The smallest absolute Gasteiger partial charge is 0.417 e. The number of benzene rings is 3. The number of aliphatic imine (C=N–C) groups is 1. The van der Waals surface area contributed by atoms with Crippen LogP contribution < -0.4 is 0 Å². The summed E-state index contributed by atoms with van der Waals surface area (Å²) in [4.78, 5) is 17.2. The van der Waals surface area contributed by atoms with Crippen molar-refractivity contribution in [3.05, 3.63) is 101 Å². The SMILES string of the molecule is C=C(N=C(C)c1ccc(-c2ccccc2C)c(C(F)(F)F)c1)c1ccc(CN(C)CCCC(=O)O)cc1. The van der Waals surface area contributed by atoms with Gasteiger partial charge in [0, 0.05) is 18.7 Å². The number of hydrogen-bond donors (Lipinski definition) is 1. The Morgan fingerprint density at radius 3 is 2.27 bits per heavy atom. The molecule has 0 unspecified atom stereocenters. The topological polar surface area (TPSA) is 52.9 Å². The first-order valence-corrected chi connectivity index (χ1v) is 12.0. The van der Waals surface area contributed by atoms with Crippen LogP contribution in [0.15, 0.2) is 78.3 Å². The van der Waals surface area contributed by atoms with Crippen LogP contribution in [-0.4, -0.2) is 35.3 Å². The van der Waals surface area contributed by atoms with Gasteiger partial charge in [0.15, 0.2) is 0 Å². The Kier molecular flexibility index (Phi) is 9.05. The molecule has 3 rings (SSSR count). The van der Waals surface area contributed by atoms with Crippen molar-refractivity contribution in [1.82, 2.24) is 4.90 Å². The highest BCUT2D eigenvalue weighted by atomic mass is 19.4. The van der Waals surface area contributed by atoms with E-state index in [1.54, 1.807) is 44.2 Å². The molecule has 0 aliphatic heterocycles. The Morgan fingerprint density at radius 2 is 1.65 bits per heavy atom. The maximum Gasteiger partial charge on any atom is 0.417 e. The lowest BCUT2D eigenvalue weighted by molar-refractivity contribution is -0.138. The first-order chi connectivity index (χ1) is 17.5. The number of alkyl halides is 3. The normalized spacial score (nSPS) is 12.1. The van der Waals surface area contributed by atoms with E-state index < -0.39 is 17.7 Å². The molecule has 0 spiro atoms. The molecule has 0 amide bonds. The largest absolute Gasteiger partial charge is 0.481 e. The summed E-state index contributed by atoms with van der Waals surface area (Å²) in [6, 6.07) is 19.0. The summed E-state index contributed by atoms with van der Waals surface area (Å²) in [5.74, 6) is -0.802. The minimum Gasteiger partial charge on any atom is -0.481 e. The maximum atomic E-state index is 14.0. The van der Waals surface area contributed by atoms with Gasteiger partial charge in [0.05, 0.1) is 11.3 Å². The summed E-state index contributed by atoms with van der Waals surface area (Å²) in [6.45, 7) is 8.82. The van der Waals surface area contributed by atoms with Crippen LogP contribution >= 0.6 is 0 Å². The molecule has 0 radical (unpaired) electrons. The molecular weight excluding hydrogens is 477 g/mol. The predicted molar refractivity (Wildman–Crippen MR) is 143 cm³/mol. The zero-order valence-electron chi connectivity index (χ0n) is 21.3. The van der Waals surface area contributed by atoms with E-state index in [1.807, 2.05) is 36.2 Å². The number of carbonyl (C=O) groups is 1. The summed E-state index contributed by atoms with van der Waals surface area (Å²) in [7, 11) is 1.93. The van der Waals surface area contributed by atoms with Crippen LogP contribution in [0, 0.1) is 6.92 Å². The van der Waals surface area contributed by atoms with Crippen molar-refractivity contribution in [2.24, 2.45) is 4.99 Å². The van der Waals surface area contributed by atoms with Crippen LogP contribution in [0.2, 0.25) is 0 Å². The Bertz CT molecular complexity index is 1290. The lowest BCUT2D eigenvalue weighted by Gasteiger charge is -2.17. The van der Waals surface area contributed by atoms with Gasteiger partial charge in [-0.1, -0.05) is 67.2 Å². The Morgan fingerprint density at radius 1 is 1.00 bits per heavy atom. The number of rotatable bonds is 10. The van der Waals surface area contributed by atoms with E-state index in [-0.39, 0.29) is 12.0 Å². The molecular formula is C30H31F3N2O2. The Hall–Kier alpha value is -3.71. The van der Waals surface area contributed by atoms with E-state index in [2.05, 4.69) is 11.6 Å². The predicted octanol–water partition coefficient (Wildman–Crippen LogP) is 7.46. The summed E-state index contributed by atoms with van der Waals surface area (Å²) in [5, 5.41) is 8.76. The molecule has 3 aromatic rings. The van der Waals surface area contributed by atoms with Crippen molar-refractivity contribution in [3.63, 3.8) is 0 Å². The van der Waals surface area contributed by atoms with Gasteiger partial charge in [-0.05, 0) is 73.3 Å². The fourth-order valence-electron chi connectivity index (χ4n) is 4.14. The maximum absolute atomic E-state index is 14.0. The van der Waals surface area contributed by atoms with Gasteiger partial charge >= 0.3 is 12.1 Å². The quantitative estimate of drug-likeness (QED) is 0.289. The fourth-order valence-corrected chi connectivity index (χ4v) is 4.14. The Labute approximate surface area is 215 Å². The average Bonchev–Trinajstić information content (AvgIpc) is 2.83. The minimum atomic E-state index is -4.51. The number of hydrogen-bond acceptors (Lipinski definition) is 3. The first-order valence-electron chi connectivity index (χ1n) is 12.0. The van der Waals surface area contributed by atoms with Crippen LogP contribution in [0.3, 0.4) is 0 Å². The molecule has 194 valence electrons. The average molecular weight is 509 g/mol. The van der Waals surface area contributed by atoms with Crippen LogP contribution in [-0.2, 0) is 17.5 Å². The summed E-state index contributed by atoms with van der Waals surface area (Å²) >= 11 is 0. The molecule has 0 aliphatic rings. The molecule has 0 fully saturated rings.